The summed E-state index contributed by atoms with van der Waals surface area (Å²) >= 11 is 0. The van der Waals surface area contributed by atoms with Crippen molar-refractivity contribution >= 4 is 5.91 Å². The van der Waals surface area contributed by atoms with Crippen molar-refractivity contribution in [2.24, 2.45) is 0 Å². The normalized spacial score (nSPS) is 11.8. The number of benzene rings is 1. The van der Waals surface area contributed by atoms with Crippen LogP contribution in [0.3, 0.4) is 0 Å². The second-order valence-electron chi connectivity index (χ2n) is 4.26. The number of rotatable bonds is 3. The van der Waals surface area contributed by atoms with E-state index in [1.54, 1.807) is 11.0 Å². The maximum absolute atomic E-state index is 11.8. The third-order valence-corrected chi connectivity index (χ3v) is 2.62. The lowest BCUT2D eigenvalue weighted by Gasteiger charge is -2.24. The van der Waals surface area contributed by atoms with E-state index >= 15 is 0 Å². The van der Waals surface area contributed by atoms with Gasteiger partial charge in [-0.25, -0.2) is 0 Å². The van der Waals surface area contributed by atoms with E-state index in [-0.39, 0.29) is 11.9 Å². The first-order valence-electron chi connectivity index (χ1n) is 5.49. The molecule has 0 bridgehead atoms. The van der Waals surface area contributed by atoms with Crippen LogP contribution in [0.4, 0.5) is 0 Å². The average molecular weight is 217 g/mol. The Labute approximate surface area is 97.6 Å². The molecule has 0 heterocycles. The predicted molar refractivity (Wildman–Crippen MR) is 67.1 cm³/mol. The van der Waals surface area contributed by atoms with Gasteiger partial charge in [0.15, 0.2) is 0 Å². The summed E-state index contributed by atoms with van der Waals surface area (Å²) in [5.41, 5.74) is 2.18. The zero-order valence-electron chi connectivity index (χ0n) is 10.4. The molecular weight excluding hydrogens is 198 g/mol. The summed E-state index contributed by atoms with van der Waals surface area (Å²) in [4.78, 5) is 13.6. The van der Waals surface area contributed by atoms with E-state index in [0.717, 1.165) is 11.1 Å². The highest BCUT2D eigenvalue weighted by atomic mass is 16.2. The molecule has 1 amide bonds. The zero-order chi connectivity index (χ0) is 12.1. The predicted octanol–water partition coefficient (Wildman–Crippen LogP) is 3.17. The average Bonchev–Trinajstić information content (AvgIpc) is 2.27. The van der Waals surface area contributed by atoms with Crippen LogP contribution < -0.4 is 0 Å². The molecule has 0 aliphatic carbocycles. The molecule has 86 valence electrons. The van der Waals surface area contributed by atoms with Gasteiger partial charge >= 0.3 is 0 Å². The van der Waals surface area contributed by atoms with Crippen LogP contribution in [0, 0.1) is 0 Å². The Kier molecular flexibility index (Phi) is 4.29. The highest BCUT2D eigenvalue weighted by Crippen LogP contribution is 2.18. The van der Waals surface area contributed by atoms with Gasteiger partial charge in [0.25, 0.3) is 0 Å². The minimum atomic E-state index is 0.0522. The quantitative estimate of drug-likeness (QED) is 0.712. The summed E-state index contributed by atoms with van der Waals surface area (Å²) in [5.74, 6) is 0.0522. The van der Waals surface area contributed by atoms with E-state index in [2.05, 4.69) is 0 Å². The van der Waals surface area contributed by atoms with E-state index < -0.39 is 0 Å². The first kappa shape index (κ1) is 12.5. The molecule has 1 unspecified atom stereocenters. The van der Waals surface area contributed by atoms with Crippen molar-refractivity contribution in [1.29, 1.82) is 0 Å². The molecule has 0 saturated carbocycles. The minimum Gasteiger partial charge on any atom is -0.335 e. The van der Waals surface area contributed by atoms with Gasteiger partial charge in [-0.05, 0) is 26.3 Å². The first-order chi connectivity index (χ1) is 7.52. The van der Waals surface area contributed by atoms with E-state index in [9.17, 15) is 4.79 Å². The lowest BCUT2D eigenvalue weighted by Crippen LogP contribution is -2.28. The summed E-state index contributed by atoms with van der Waals surface area (Å²) in [6.07, 6.45) is 1.67. The summed E-state index contributed by atoms with van der Waals surface area (Å²) in [7, 11) is 1.83. The molecule has 0 saturated heterocycles. The van der Waals surface area contributed by atoms with Crippen LogP contribution in [0.2, 0.25) is 0 Å². The van der Waals surface area contributed by atoms with Crippen LogP contribution in [0.25, 0.3) is 0 Å². The SMILES string of the molecule is CC(C)=CC(=O)N(C)C(C)c1ccccc1. The molecule has 1 aromatic rings. The Morgan fingerprint density at radius 1 is 1.25 bits per heavy atom. The van der Waals surface area contributed by atoms with Gasteiger partial charge in [0.1, 0.15) is 0 Å². The molecule has 0 spiro atoms. The lowest BCUT2D eigenvalue weighted by molar-refractivity contribution is -0.126. The van der Waals surface area contributed by atoms with Crippen LogP contribution in [-0.2, 0) is 4.79 Å². The maximum atomic E-state index is 11.8. The van der Waals surface area contributed by atoms with Crippen molar-refractivity contribution in [3.8, 4) is 0 Å². The monoisotopic (exact) mass is 217 g/mol. The molecule has 0 aliphatic rings. The Balaban J connectivity index is 2.79. The third kappa shape index (κ3) is 3.23. The van der Waals surface area contributed by atoms with Gasteiger partial charge in [0.2, 0.25) is 5.91 Å². The van der Waals surface area contributed by atoms with Crippen molar-refractivity contribution in [2.45, 2.75) is 26.8 Å². The molecule has 0 aromatic heterocycles. The number of nitrogens with zero attached hydrogens (tertiary/aromatic N) is 1. The van der Waals surface area contributed by atoms with Crippen LogP contribution in [-0.4, -0.2) is 17.9 Å². The molecule has 1 aromatic carbocycles. The molecule has 2 heteroatoms. The number of amides is 1. The molecule has 1 rings (SSSR count). The van der Waals surface area contributed by atoms with Gasteiger partial charge < -0.3 is 4.90 Å². The highest BCUT2D eigenvalue weighted by Gasteiger charge is 2.14. The molecule has 16 heavy (non-hydrogen) atoms. The van der Waals surface area contributed by atoms with Crippen molar-refractivity contribution < 1.29 is 4.79 Å². The molecule has 2 nitrogen and oxygen atoms in total. The second kappa shape index (κ2) is 5.50. The van der Waals surface area contributed by atoms with Crippen LogP contribution in [0.15, 0.2) is 42.0 Å². The molecule has 0 N–H and O–H groups in total. The van der Waals surface area contributed by atoms with Crippen molar-refractivity contribution in [2.75, 3.05) is 7.05 Å². The van der Waals surface area contributed by atoms with Gasteiger partial charge in [-0.2, -0.15) is 0 Å². The van der Waals surface area contributed by atoms with E-state index in [0.29, 0.717) is 0 Å². The van der Waals surface area contributed by atoms with Crippen LogP contribution in [0.1, 0.15) is 32.4 Å². The molecule has 0 aliphatic heterocycles. The third-order valence-electron chi connectivity index (χ3n) is 2.62. The van der Waals surface area contributed by atoms with Gasteiger partial charge in [-0.3, -0.25) is 4.79 Å². The summed E-state index contributed by atoms with van der Waals surface area (Å²) in [6.45, 7) is 5.89. The van der Waals surface area contributed by atoms with Crippen LogP contribution in [0.5, 0.6) is 0 Å². The Morgan fingerprint density at radius 3 is 2.31 bits per heavy atom. The first-order valence-corrected chi connectivity index (χ1v) is 5.49. The smallest absolute Gasteiger partial charge is 0.246 e. The van der Waals surface area contributed by atoms with Crippen molar-refractivity contribution in [3.63, 3.8) is 0 Å². The number of hydrogen-bond acceptors (Lipinski definition) is 1. The van der Waals surface area contributed by atoms with E-state index in [1.807, 2.05) is 58.2 Å². The van der Waals surface area contributed by atoms with Gasteiger partial charge in [-0.15, -0.1) is 0 Å². The maximum Gasteiger partial charge on any atom is 0.246 e. The second-order valence-corrected chi connectivity index (χ2v) is 4.26. The van der Waals surface area contributed by atoms with Crippen LogP contribution >= 0.6 is 0 Å². The lowest BCUT2D eigenvalue weighted by atomic mass is 10.1. The highest BCUT2D eigenvalue weighted by molar-refractivity contribution is 5.88. The molecule has 1 atom stereocenters. The summed E-state index contributed by atoms with van der Waals surface area (Å²) in [5, 5.41) is 0. The zero-order valence-corrected chi connectivity index (χ0v) is 10.4. The Morgan fingerprint density at radius 2 is 1.81 bits per heavy atom. The van der Waals surface area contributed by atoms with Gasteiger partial charge in [-0.1, -0.05) is 35.9 Å². The van der Waals surface area contributed by atoms with Crippen molar-refractivity contribution in [1.82, 2.24) is 4.90 Å². The molecular formula is C14H19NO. The van der Waals surface area contributed by atoms with E-state index in [4.69, 9.17) is 0 Å². The Hall–Kier alpha value is -1.57. The fraction of sp³-hybridized carbons (Fsp3) is 0.357. The standard InChI is InChI=1S/C14H19NO/c1-11(2)10-14(16)15(4)12(3)13-8-6-5-7-9-13/h5-10,12H,1-4H3. The molecule has 0 radical (unpaired) electrons. The fourth-order valence-electron chi connectivity index (χ4n) is 1.49. The summed E-state index contributed by atoms with van der Waals surface area (Å²) in [6, 6.07) is 10.1. The number of hydrogen-bond donors (Lipinski definition) is 0. The van der Waals surface area contributed by atoms with Gasteiger partial charge in [0.05, 0.1) is 6.04 Å². The minimum absolute atomic E-state index is 0.0522. The fourth-order valence-corrected chi connectivity index (χ4v) is 1.49. The number of carbonyl (C=O) groups excluding carboxylic acids is 1. The Bertz CT molecular complexity index is 377. The van der Waals surface area contributed by atoms with Gasteiger partial charge in [0, 0.05) is 13.1 Å². The van der Waals surface area contributed by atoms with E-state index in [1.165, 1.54) is 0 Å². The van der Waals surface area contributed by atoms with Crippen molar-refractivity contribution in [3.05, 3.63) is 47.5 Å². The summed E-state index contributed by atoms with van der Waals surface area (Å²) < 4.78 is 0. The number of allylic oxidation sites excluding steroid dienone is 1. The molecule has 0 fully saturated rings. The largest absolute Gasteiger partial charge is 0.335 e. The topological polar surface area (TPSA) is 20.3 Å². The number of carbonyl (C=O) groups is 1. The number of likely N-dealkylation sites (N-methyl/N-ethyl adjacent to an activating group) is 1.